The van der Waals surface area contributed by atoms with Gasteiger partial charge >= 0.3 is 0 Å². The normalized spacial score (nSPS) is 21.5. The molecule has 2 heterocycles. The largest absolute Gasteiger partial charge is 0.494 e. The van der Waals surface area contributed by atoms with Gasteiger partial charge in [-0.15, -0.1) is 0 Å². The molecule has 2 aliphatic rings. The Morgan fingerprint density at radius 3 is 2.63 bits per heavy atom. The first kappa shape index (κ1) is 17.7. The number of benzene rings is 2. The Hall–Kier alpha value is -2.69. The van der Waals surface area contributed by atoms with Crippen molar-refractivity contribution in [3.63, 3.8) is 0 Å². The van der Waals surface area contributed by atoms with Crippen LogP contribution >= 0.6 is 0 Å². The van der Waals surface area contributed by atoms with Gasteiger partial charge in [0.05, 0.1) is 18.0 Å². The first-order valence-electron chi connectivity index (χ1n) is 9.31. The van der Waals surface area contributed by atoms with Crippen molar-refractivity contribution in [3.05, 3.63) is 53.3 Å². The molecule has 0 saturated heterocycles. The van der Waals surface area contributed by atoms with Gasteiger partial charge in [0.1, 0.15) is 17.3 Å². The predicted molar refractivity (Wildman–Crippen MR) is 105 cm³/mol. The van der Waals surface area contributed by atoms with Crippen molar-refractivity contribution in [3.8, 4) is 5.75 Å². The second-order valence-electron chi connectivity index (χ2n) is 7.84. The lowest BCUT2D eigenvalue weighted by Crippen LogP contribution is -2.50. The smallest absolute Gasteiger partial charge is 0.278 e. The van der Waals surface area contributed by atoms with E-state index in [1.165, 1.54) is 12.1 Å². The molecule has 0 radical (unpaired) electrons. The molecule has 4 rings (SSSR count). The number of carbonyl (C=O) groups excluding carboxylic acids is 1. The van der Waals surface area contributed by atoms with E-state index in [2.05, 4.69) is 25.8 Å². The zero-order chi connectivity index (χ0) is 19.3. The van der Waals surface area contributed by atoms with E-state index in [-0.39, 0.29) is 17.3 Å². The van der Waals surface area contributed by atoms with Crippen LogP contribution < -0.4 is 9.64 Å². The lowest BCUT2D eigenvalue weighted by Gasteiger charge is -2.43. The Labute approximate surface area is 158 Å². The molecule has 0 aliphatic carbocycles. The van der Waals surface area contributed by atoms with Crippen molar-refractivity contribution in [1.29, 1.82) is 0 Å². The molecule has 5 heteroatoms. The number of anilines is 1. The fraction of sp³-hybridized carbons (Fsp3) is 0.364. The van der Waals surface area contributed by atoms with Crippen LogP contribution in [0.25, 0.3) is 0 Å². The molecular weight excluding hydrogens is 343 g/mol. The molecule has 0 aromatic heterocycles. The molecule has 2 aromatic carbocycles. The van der Waals surface area contributed by atoms with Crippen LogP contribution in [0.4, 0.5) is 15.8 Å². The first-order valence-corrected chi connectivity index (χ1v) is 9.31. The first-order chi connectivity index (χ1) is 12.8. The number of amides is 1. The number of nitrogens with zero attached hydrogens (tertiary/aromatic N) is 2. The second-order valence-corrected chi connectivity index (χ2v) is 7.84. The molecule has 0 N–H and O–H groups in total. The van der Waals surface area contributed by atoms with Crippen LogP contribution in [-0.4, -0.2) is 23.8 Å². The Morgan fingerprint density at radius 1 is 1.26 bits per heavy atom. The van der Waals surface area contributed by atoms with Crippen LogP contribution in [0.3, 0.4) is 0 Å². The van der Waals surface area contributed by atoms with Crippen LogP contribution in [0.5, 0.6) is 5.75 Å². The molecule has 0 saturated carbocycles. The van der Waals surface area contributed by atoms with Gasteiger partial charge in [-0.05, 0) is 75.1 Å². The van der Waals surface area contributed by atoms with E-state index in [1.807, 2.05) is 24.0 Å². The third-order valence-corrected chi connectivity index (χ3v) is 5.32. The molecule has 1 atom stereocenters. The summed E-state index contributed by atoms with van der Waals surface area (Å²) in [5, 5.41) is 0. The summed E-state index contributed by atoms with van der Waals surface area (Å²) >= 11 is 0. The van der Waals surface area contributed by atoms with Crippen molar-refractivity contribution >= 4 is 23.0 Å². The Kier molecular flexibility index (Phi) is 4.06. The van der Waals surface area contributed by atoms with E-state index in [0.717, 1.165) is 29.0 Å². The van der Waals surface area contributed by atoms with Gasteiger partial charge in [-0.3, -0.25) is 4.79 Å². The quantitative estimate of drug-likeness (QED) is 0.769. The Bertz CT molecular complexity index is 948. The maximum absolute atomic E-state index is 13.3. The van der Waals surface area contributed by atoms with Crippen LogP contribution in [-0.2, 0) is 4.79 Å². The van der Waals surface area contributed by atoms with Gasteiger partial charge in [-0.1, -0.05) is 6.92 Å². The van der Waals surface area contributed by atoms with Crippen LogP contribution in [0.15, 0.2) is 41.4 Å². The lowest BCUT2D eigenvalue weighted by atomic mass is 9.80. The van der Waals surface area contributed by atoms with Crippen LogP contribution in [0.1, 0.15) is 51.2 Å². The number of aliphatic imine (C=N–C) groups is 1. The van der Waals surface area contributed by atoms with E-state index in [9.17, 15) is 9.18 Å². The summed E-state index contributed by atoms with van der Waals surface area (Å²) in [6.45, 7) is 8.86. The number of halogens is 1. The Morgan fingerprint density at radius 2 is 1.96 bits per heavy atom. The summed E-state index contributed by atoms with van der Waals surface area (Å²) in [4.78, 5) is 19.8. The summed E-state index contributed by atoms with van der Waals surface area (Å²) in [7, 11) is 0. The monoisotopic (exact) mass is 366 g/mol. The maximum Gasteiger partial charge on any atom is 0.278 e. The van der Waals surface area contributed by atoms with Crippen molar-refractivity contribution in [1.82, 2.24) is 0 Å². The maximum atomic E-state index is 13.3. The van der Waals surface area contributed by atoms with E-state index >= 15 is 0 Å². The van der Waals surface area contributed by atoms with Crippen molar-refractivity contribution < 1.29 is 13.9 Å². The van der Waals surface area contributed by atoms with Crippen molar-refractivity contribution in [2.24, 2.45) is 4.99 Å². The zero-order valence-corrected chi connectivity index (χ0v) is 16.0. The molecule has 4 nitrogen and oxygen atoms in total. The number of rotatable bonds is 3. The lowest BCUT2D eigenvalue weighted by molar-refractivity contribution is -0.113. The number of ether oxygens (including phenoxy) is 1. The molecule has 0 unspecified atom stereocenters. The topological polar surface area (TPSA) is 41.9 Å². The highest BCUT2D eigenvalue weighted by Crippen LogP contribution is 2.50. The average Bonchev–Trinajstić information content (AvgIpc) is 2.88. The molecule has 140 valence electrons. The second kappa shape index (κ2) is 6.19. The predicted octanol–water partition coefficient (Wildman–Crippen LogP) is 4.98. The van der Waals surface area contributed by atoms with Gasteiger partial charge in [-0.2, -0.15) is 0 Å². The fourth-order valence-corrected chi connectivity index (χ4v) is 4.29. The van der Waals surface area contributed by atoms with Gasteiger partial charge in [0.15, 0.2) is 0 Å². The van der Waals surface area contributed by atoms with Crippen LogP contribution in [0.2, 0.25) is 0 Å². The summed E-state index contributed by atoms with van der Waals surface area (Å²) < 4.78 is 19.0. The minimum absolute atomic E-state index is 0.110. The molecule has 0 spiro atoms. The minimum atomic E-state index is -0.326. The highest BCUT2D eigenvalue weighted by atomic mass is 19.1. The standard InChI is InChI=1S/C22H23FN2O2/c1-5-27-16-10-17-13(2)12-22(3,4)25-20(17)18(11-16)19(21(25)26)24-15-8-6-14(23)7-9-15/h6-11,13H,5,12H2,1-4H3/t13-/m0/s1. The molecule has 2 aliphatic heterocycles. The summed E-state index contributed by atoms with van der Waals surface area (Å²) in [6, 6.07) is 9.81. The number of carbonyl (C=O) groups is 1. The van der Waals surface area contributed by atoms with Gasteiger partial charge in [-0.25, -0.2) is 9.38 Å². The van der Waals surface area contributed by atoms with Gasteiger partial charge < -0.3 is 9.64 Å². The molecule has 0 fully saturated rings. The van der Waals surface area contributed by atoms with E-state index in [1.54, 1.807) is 12.1 Å². The van der Waals surface area contributed by atoms with Gasteiger partial charge in [0, 0.05) is 11.1 Å². The van der Waals surface area contributed by atoms with Crippen LogP contribution in [0, 0.1) is 5.82 Å². The molecule has 0 bridgehead atoms. The zero-order valence-electron chi connectivity index (χ0n) is 16.0. The SMILES string of the molecule is CCOc1cc2c3c(c1)[C@@H](C)CC(C)(C)N3C(=O)C2=Nc1ccc(F)cc1. The van der Waals surface area contributed by atoms with Gasteiger partial charge in [0.2, 0.25) is 0 Å². The summed E-state index contributed by atoms with van der Waals surface area (Å²) in [6.07, 6.45) is 0.866. The average molecular weight is 366 g/mol. The Balaban J connectivity index is 1.94. The third kappa shape index (κ3) is 2.82. The number of hydrogen-bond acceptors (Lipinski definition) is 3. The molecule has 27 heavy (non-hydrogen) atoms. The third-order valence-electron chi connectivity index (χ3n) is 5.32. The molecule has 2 aromatic rings. The summed E-state index contributed by atoms with van der Waals surface area (Å²) in [5.74, 6) is 0.622. The van der Waals surface area contributed by atoms with Crippen molar-refractivity contribution in [2.45, 2.75) is 45.6 Å². The van der Waals surface area contributed by atoms with E-state index in [4.69, 9.17) is 4.74 Å². The molecular formula is C22H23FN2O2. The highest BCUT2D eigenvalue weighted by molar-refractivity contribution is 6.55. The fourth-order valence-electron chi connectivity index (χ4n) is 4.29. The van der Waals surface area contributed by atoms with E-state index in [0.29, 0.717) is 23.9 Å². The van der Waals surface area contributed by atoms with Gasteiger partial charge in [0.25, 0.3) is 5.91 Å². The highest BCUT2D eigenvalue weighted by Gasteiger charge is 2.48. The summed E-state index contributed by atoms with van der Waals surface area (Å²) in [5.41, 5.74) is 3.50. The minimum Gasteiger partial charge on any atom is -0.494 e. The van der Waals surface area contributed by atoms with Crippen molar-refractivity contribution in [2.75, 3.05) is 11.5 Å². The number of hydrogen-bond donors (Lipinski definition) is 0. The van der Waals surface area contributed by atoms with E-state index < -0.39 is 0 Å². The molecule has 1 amide bonds.